The summed E-state index contributed by atoms with van der Waals surface area (Å²) in [7, 11) is 0. The van der Waals surface area contributed by atoms with Crippen molar-refractivity contribution in [2.75, 3.05) is 16.9 Å². The first-order valence-electron chi connectivity index (χ1n) is 7.97. The number of hydrogen-bond donors (Lipinski definition) is 2. The lowest BCUT2D eigenvalue weighted by atomic mass is 10.1. The molecule has 130 valence electrons. The predicted octanol–water partition coefficient (Wildman–Crippen LogP) is 2.13. The van der Waals surface area contributed by atoms with Gasteiger partial charge in [-0.1, -0.05) is 19.1 Å². The van der Waals surface area contributed by atoms with Gasteiger partial charge in [0.05, 0.1) is 11.9 Å². The normalized spacial score (nSPS) is 18.1. The van der Waals surface area contributed by atoms with Gasteiger partial charge < -0.3 is 15.5 Å². The summed E-state index contributed by atoms with van der Waals surface area (Å²) < 4.78 is 0. The van der Waals surface area contributed by atoms with Crippen LogP contribution in [0.1, 0.15) is 38.8 Å². The molecule has 3 amide bonds. The highest BCUT2D eigenvalue weighted by Gasteiger charge is 2.34. The maximum atomic E-state index is 12.5. The molecule has 0 radical (unpaired) electrons. The van der Waals surface area contributed by atoms with Gasteiger partial charge >= 0.3 is 0 Å². The minimum absolute atomic E-state index is 0.000425. The van der Waals surface area contributed by atoms with Crippen molar-refractivity contribution in [3.63, 3.8) is 0 Å². The van der Waals surface area contributed by atoms with Gasteiger partial charge in [0, 0.05) is 24.8 Å². The van der Waals surface area contributed by atoms with Crippen LogP contribution in [0, 0.1) is 0 Å². The Balaban J connectivity index is 2.03. The van der Waals surface area contributed by atoms with Gasteiger partial charge in [-0.3, -0.25) is 14.4 Å². The fourth-order valence-corrected chi connectivity index (χ4v) is 3.77. The quantitative estimate of drug-likeness (QED) is 0.854. The fraction of sp³-hybridized carbons (Fsp3) is 0.471. The standard InChI is InChI=1S/C17H23N3O3S/c1-4-16(22)20-10-24-9-15(20)17(23)18-11(2)13-6-5-7-14(8-13)19-12(3)21/h5-8,11,15H,4,9-10H2,1-3H3,(H,18,23)(H,19,21). The van der Waals surface area contributed by atoms with Gasteiger partial charge in [-0.2, -0.15) is 0 Å². The number of rotatable bonds is 5. The van der Waals surface area contributed by atoms with Crippen LogP contribution in [0.5, 0.6) is 0 Å². The van der Waals surface area contributed by atoms with E-state index >= 15 is 0 Å². The van der Waals surface area contributed by atoms with Crippen LogP contribution >= 0.6 is 11.8 Å². The Bertz CT molecular complexity index is 635. The number of carbonyl (C=O) groups is 3. The first-order valence-corrected chi connectivity index (χ1v) is 9.13. The van der Waals surface area contributed by atoms with Gasteiger partial charge in [-0.05, 0) is 24.6 Å². The molecule has 0 saturated carbocycles. The Morgan fingerprint density at radius 2 is 2.12 bits per heavy atom. The van der Waals surface area contributed by atoms with Gasteiger partial charge in [0.1, 0.15) is 6.04 Å². The molecule has 1 heterocycles. The van der Waals surface area contributed by atoms with Gasteiger partial charge in [0.15, 0.2) is 0 Å². The number of thioether (sulfide) groups is 1. The van der Waals surface area contributed by atoms with Crippen LogP contribution in [-0.2, 0) is 14.4 Å². The topological polar surface area (TPSA) is 78.5 Å². The zero-order valence-corrected chi connectivity index (χ0v) is 15.0. The molecular formula is C17H23N3O3S. The molecule has 2 N–H and O–H groups in total. The van der Waals surface area contributed by atoms with E-state index < -0.39 is 6.04 Å². The zero-order valence-electron chi connectivity index (χ0n) is 14.2. The molecule has 1 aliphatic rings. The average molecular weight is 349 g/mol. The number of hydrogen-bond acceptors (Lipinski definition) is 4. The molecule has 7 heteroatoms. The highest BCUT2D eigenvalue weighted by atomic mass is 32.2. The number of anilines is 1. The van der Waals surface area contributed by atoms with E-state index in [1.165, 1.54) is 6.92 Å². The second kappa shape index (κ2) is 8.19. The Labute approximate surface area is 146 Å². The van der Waals surface area contributed by atoms with Crippen LogP contribution in [0.3, 0.4) is 0 Å². The summed E-state index contributed by atoms with van der Waals surface area (Å²) in [6.07, 6.45) is 0.401. The number of amides is 3. The van der Waals surface area contributed by atoms with Crippen molar-refractivity contribution >= 4 is 35.2 Å². The Morgan fingerprint density at radius 3 is 2.79 bits per heavy atom. The number of nitrogens with one attached hydrogen (secondary N) is 2. The molecule has 1 aromatic rings. The monoisotopic (exact) mass is 349 g/mol. The van der Waals surface area contributed by atoms with Crippen molar-refractivity contribution in [1.29, 1.82) is 0 Å². The zero-order chi connectivity index (χ0) is 17.7. The fourth-order valence-electron chi connectivity index (χ4n) is 2.59. The second-order valence-electron chi connectivity index (χ2n) is 5.77. The van der Waals surface area contributed by atoms with E-state index in [0.717, 1.165) is 5.56 Å². The number of nitrogens with zero attached hydrogens (tertiary/aromatic N) is 1. The second-order valence-corrected chi connectivity index (χ2v) is 6.77. The van der Waals surface area contributed by atoms with Crippen molar-refractivity contribution in [3.05, 3.63) is 29.8 Å². The van der Waals surface area contributed by atoms with Crippen LogP contribution in [0.25, 0.3) is 0 Å². The lowest BCUT2D eigenvalue weighted by molar-refractivity contribution is -0.138. The van der Waals surface area contributed by atoms with Gasteiger partial charge in [0.2, 0.25) is 17.7 Å². The molecule has 0 spiro atoms. The lowest BCUT2D eigenvalue weighted by Gasteiger charge is -2.24. The highest BCUT2D eigenvalue weighted by molar-refractivity contribution is 7.99. The number of benzene rings is 1. The molecule has 6 nitrogen and oxygen atoms in total. The molecule has 2 atom stereocenters. The maximum Gasteiger partial charge on any atom is 0.244 e. The minimum Gasteiger partial charge on any atom is -0.348 e. The SMILES string of the molecule is CCC(=O)N1CSCC1C(=O)NC(C)c1cccc(NC(C)=O)c1. The molecule has 0 aromatic heterocycles. The summed E-state index contributed by atoms with van der Waals surface area (Å²) in [5.41, 5.74) is 1.59. The van der Waals surface area contributed by atoms with E-state index in [-0.39, 0.29) is 23.8 Å². The smallest absolute Gasteiger partial charge is 0.244 e. The van der Waals surface area contributed by atoms with E-state index in [0.29, 0.717) is 23.7 Å². The summed E-state index contributed by atoms with van der Waals surface area (Å²) in [4.78, 5) is 37.3. The van der Waals surface area contributed by atoms with E-state index in [1.54, 1.807) is 29.7 Å². The van der Waals surface area contributed by atoms with Crippen LogP contribution in [0.15, 0.2) is 24.3 Å². The van der Waals surface area contributed by atoms with Crippen LogP contribution in [0.2, 0.25) is 0 Å². The van der Waals surface area contributed by atoms with E-state index in [4.69, 9.17) is 0 Å². The van der Waals surface area contributed by atoms with Crippen LogP contribution in [0.4, 0.5) is 5.69 Å². The van der Waals surface area contributed by atoms with Crippen molar-refractivity contribution in [2.24, 2.45) is 0 Å². The Morgan fingerprint density at radius 1 is 1.38 bits per heavy atom. The molecule has 2 unspecified atom stereocenters. The molecule has 1 fully saturated rings. The largest absolute Gasteiger partial charge is 0.348 e. The van der Waals surface area contributed by atoms with Crippen LogP contribution in [-0.4, -0.2) is 40.3 Å². The minimum atomic E-state index is -0.413. The van der Waals surface area contributed by atoms with Gasteiger partial charge in [0.25, 0.3) is 0 Å². The Hall–Kier alpha value is -2.02. The summed E-state index contributed by atoms with van der Waals surface area (Å²) in [6.45, 7) is 5.14. The summed E-state index contributed by atoms with van der Waals surface area (Å²) in [5, 5.41) is 5.70. The van der Waals surface area contributed by atoms with Crippen molar-refractivity contribution in [3.8, 4) is 0 Å². The van der Waals surface area contributed by atoms with Crippen molar-refractivity contribution in [2.45, 2.75) is 39.3 Å². The molecule has 1 aromatic carbocycles. The van der Waals surface area contributed by atoms with Crippen LogP contribution < -0.4 is 10.6 Å². The third-order valence-corrected chi connectivity index (χ3v) is 4.89. The average Bonchev–Trinajstić information content (AvgIpc) is 3.03. The lowest BCUT2D eigenvalue weighted by Crippen LogP contribution is -2.47. The molecule has 1 saturated heterocycles. The molecule has 0 bridgehead atoms. The summed E-state index contributed by atoms with van der Waals surface area (Å²) >= 11 is 1.59. The van der Waals surface area contributed by atoms with E-state index in [9.17, 15) is 14.4 Å². The van der Waals surface area contributed by atoms with E-state index in [2.05, 4.69) is 10.6 Å². The van der Waals surface area contributed by atoms with Crippen molar-refractivity contribution in [1.82, 2.24) is 10.2 Å². The number of carbonyl (C=O) groups excluding carboxylic acids is 3. The first kappa shape index (κ1) is 18.3. The maximum absolute atomic E-state index is 12.5. The molecule has 2 rings (SSSR count). The third kappa shape index (κ3) is 4.50. The van der Waals surface area contributed by atoms with Gasteiger partial charge in [-0.25, -0.2) is 0 Å². The van der Waals surface area contributed by atoms with E-state index in [1.807, 2.05) is 25.1 Å². The molecule has 24 heavy (non-hydrogen) atoms. The third-order valence-electron chi connectivity index (χ3n) is 3.87. The molecule has 1 aliphatic heterocycles. The molecular weight excluding hydrogens is 326 g/mol. The summed E-state index contributed by atoms with van der Waals surface area (Å²) in [6, 6.07) is 6.74. The van der Waals surface area contributed by atoms with Gasteiger partial charge in [-0.15, -0.1) is 11.8 Å². The predicted molar refractivity (Wildman–Crippen MR) is 95.6 cm³/mol. The molecule has 0 aliphatic carbocycles. The van der Waals surface area contributed by atoms with Crippen molar-refractivity contribution < 1.29 is 14.4 Å². The highest BCUT2D eigenvalue weighted by Crippen LogP contribution is 2.23. The Kier molecular flexibility index (Phi) is 6.25. The summed E-state index contributed by atoms with van der Waals surface area (Å²) in [5.74, 6) is 0.910. The first-order chi connectivity index (χ1) is 11.4.